The Balaban J connectivity index is 2.59. The minimum atomic E-state index is 0.441. The van der Waals surface area contributed by atoms with Gasteiger partial charge in [0, 0.05) is 0 Å². The summed E-state index contributed by atoms with van der Waals surface area (Å²) >= 11 is 0. The second-order valence-electron chi connectivity index (χ2n) is 6.52. The molecule has 0 heteroatoms. The van der Waals surface area contributed by atoms with Crippen molar-refractivity contribution in [1.29, 1.82) is 0 Å². The van der Waals surface area contributed by atoms with Gasteiger partial charge in [-0.25, -0.2) is 0 Å². The Morgan fingerprint density at radius 2 is 1.88 bits per heavy atom. The molecule has 0 aromatic carbocycles. The summed E-state index contributed by atoms with van der Waals surface area (Å²) < 4.78 is 0. The normalized spacial score (nSPS) is 23.5. The van der Waals surface area contributed by atoms with Crippen molar-refractivity contribution in [2.75, 3.05) is 0 Å². The van der Waals surface area contributed by atoms with Crippen LogP contribution in [0.25, 0.3) is 0 Å². The zero-order valence-electron chi connectivity index (χ0n) is 12.7. The smallest absolute Gasteiger partial charge is 0.0145 e. The third kappa shape index (κ3) is 3.86. The quantitative estimate of drug-likeness (QED) is 0.369. The van der Waals surface area contributed by atoms with E-state index in [1.807, 2.05) is 5.57 Å². The monoisotopic (exact) mass is 236 g/mol. The van der Waals surface area contributed by atoms with Gasteiger partial charge in [-0.2, -0.15) is 0 Å². The zero-order chi connectivity index (χ0) is 12.9. The third-order valence-electron chi connectivity index (χ3n) is 4.79. The minimum absolute atomic E-state index is 0.441. The van der Waals surface area contributed by atoms with Gasteiger partial charge in [-0.05, 0) is 43.9 Å². The molecule has 0 spiro atoms. The van der Waals surface area contributed by atoms with Gasteiger partial charge in [0.1, 0.15) is 0 Å². The fourth-order valence-corrected chi connectivity index (χ4v) is 3.09. The zero-order valence-corrected chi connectivity index (χ0v) is 12.7. The number of allylic oxidation sites excluding steroid dienone is 2. The van der Waals surface area contributed by atoms with Crippen molar-refractivity contribution in [2.45, 2.75) is 86.0 Å². The molecule has 1 fully saturated rings. The van der Waals surface area contributed by atoms with Crippen molar-refractivity contribution >= 4 is 0 Å². The molecule has 1 unspecified atom stereocenters. The van der Waals surface area contributed by atoms with Crippen molar-refractivity contribution in [2.24, 2.45) is 11.3 Å². The average Bonchev–Trinajstić information content (AvgIpc) is 2.24. The predicted molar refractivity (Wildman–Crippen MR) is 78.3 cm³/mol. The van der Waals surface area contributed by atoms with E-state index < -0.39 is 0 Å². The highest BCUT2D eigenvalue weighted by molar-refractivity contribution is 5.26. The summed E-state index contributed by atoms with van der Waals surface area (Å²) in [7, 11) is 0. The summed E-state index contributed by atoms with van der Waals surface area (Å²) in [6.07, 6.45) is 11.1. The molecule has 17 heavy (non-hydrogen) atoms. The molecule has 1 atom stereocenters. The summed E-state index contributed by atoms with van der Waals surface area (Å²) in [5, 5.41) is 0. The van der Waals surface area contributed by atoms with Gasteiger partial charge < -0.3 is 0 Å². The lowest BCUT2D eigenvalue weighted by molar-refractivity contribution is 0.344. The molecule has 0 aromatic rings. The molecule has 0 nitrogen and oxygen atoms in total. The lowest BCUT2D eigenvalue weighted by Crippen LogP contribution is -2.23. The molecular formula is C17H32. The van der Waals surface area contributed by atoms with Gasteiger partial charge in [0.25, 0.3) is 0 Å². The fraction of sp³-hybridized carbons (Fsp3) is 0.882. The highest BCUT2D eigenvalue weighted by Gasteiger charge is 2.30. The van der Waals surface area contributed by atoms with Crippen molar-refractivity contribution in [1.82, 2.24) is 0 Å². The minimum Gasteiger partial charge on any atom is -0.0682 e. The Kier molecular flexibility index (Phi) is 5.76. The average molecular weight is 236 g/mol. The van der Waals surface area contributed by atoms with Gasteiger partial charge in [0.2, 0.25) is 0 Å². The van der Waals surface area contributed by atoms with E-state index in [2.05, 4.69) is 34.6 Å². The van der Waals surface area contributed by atoms with E-state index >= 15 is 0 Å². The molecule has 1 rings (SSSR count). The number of unbranched alkanes of at least 4 members (excludes halogenated alkanes) is 2. The summed E-state index contributed by atoms with van der Waals surface area (Å²) in [6, 6.07) is 0. The van der Waals surface area contributed by atoms with Crippen LogP contribution in [0.2, 0.25) is 0 Å². The molecular weight excluding hydrogens is 204 g/mol. The van der Waals surface area contributed by atoms with Crippen LogP contribution in [0.5, 0.6) is 0 Å². The largest absolute Gasteiger partial charge is 0.0682 e. The molecule has 0 radical (unpaired) electrons. The van der Waals surface area contributed by atoms with Crippen LogP contribution in [0.1, 0.15) is 86.0 Å². The highest BCUT2D eigenvalue weighted by atomic mass is 14.4. The van der Waals surface area contributed by atoms with Gasteiger partial charge >= 0.3 is 0 Å². The van der Waals surface area contributed by atoms with Crippen LogP contribution in [0.4, 0.5) is 0 Å². The van der Waals surface area contributed by atoms with Crippen molar-refractivity contribution in [3.05, 3.63) is 11.1 Å². The number of rotatable bonds is 7. The number of hydrogen-bond acceptors (Lipinski definition) is 0. The standard InChI is InChI=1S/C17H32/c1-6-8-9-13-17(4,5)14(3)16-12-11-15(16)10-7-2/h15H,6-13H2,1-5H3. The van der Waals surface area contributed by atoms with E-state index in [-0.39, 0.29) is 0 Å². The molecule has 100 valence electrons. The topological polar surface area (TPSA) is 0 Å². The molecule has 0 amide bonds. The first-order valence-corrected chi connectivity index (χ1v) is 7.73. The molecule has 1 aliphatic rings. The lowest BCUT2D eigenvalue weighted by Gasteiger charge is -2.38. The summed E-state index contributed by atoms with van der Waals surface area (Å²) in [5.41, 5.74) is 3.98. The molecule has 0 aliphatic heterocycles. The third-order valence-corrected chi connectivity index (χ3v) is 4.79. The fourth-order valence-electron chi connectivity index (χ4n) is 3.09. The van der Waals surface area contributed by atoms with Gasteiger partial charge in [0.15, 0.2) is 0 Å². The summed E-state index contributed by atoms with van der Waals surface area (Å²) in [4.78, 5) is 0. The van der Waals surface area contributed by atoms with Crippen LogP contribution in [-0.4, -0.2) is 0 Å². The molecule has 1 saturated carbocycles. The first-order valence-electron chi connectivity index (χ1n) is 7.73. The molecule has 0 bridgehead atoms. The Bertz CT molecular complexity index is 257. The van der Waals surface area contributed by atoms with Crippen molar-refractivity contribution in [3.63, 3.8) is 0 Å². The van der Waals surface area contributed by atoms with E-state index in [0.29, 0.717) is 5.41 Å². The highest BCUT2D eigenvalue weighted by Crippen LogP contribution is 2.45. The second kappa shape index (κ2) is 6.61. The van der Waals surface area contributed by atoms with E-state index in [1.54, 1.807) is 5.57 Å². The van der Waals surface area contributed by atoms with Crippen molar-refractivity contribution < 1.29 is 0 Å². The maximum Gasteiger partial charge on any atom is -0.0145 e. The molecule has 0 saturated heterocycles. The molecule has 0 aromatic heterocycles. The first kappa shape index (κ1) is 14.8. The number of hydrogen-bond donors (Lipinski definition) is 0. The molecule has 0 heterocycles. The van der Waals surface area contributed by atoms with Gasteiger partial charge in [-0.15, -0.1) is 0 Å². The van der Waals surface area contributed by atoms with Crippen LogP contribution in [0.15, 0.2) is 11.1 Å². The SMILES string of the molecule is CCCCCC(C)(C)C(C)=C1CCC1CCC. The lowest BCUT2D eigenvalue weighted by atomic mass is 9.68. The van der Waals surface area contributed by atoms with E-state index in [4.69, 9.17) is 0 Å². The maximum absolute atomic E-state index is 2.45. The predicted octanol–water partition coefficient (Wildman–Crippen LogP) is 6.12. The summed E-state index contributed by atoms with van der Waals surface area (Å²) in [5.74, 6) is 0.936. The van der Waals surface area contributed by atoms with E-state index in [1.165, 1.54) is 51.4 Å². The Hall–Kier alpha value is -0.260. The van der Waals surface area contributed by atoms with Crippen LogP contribution in [0, 0.1) is 11.3 Å². The van der Waals surface area contributed by atoms with Gasteiger partial charge in [0.05, 0.1) is 0 Å². The Morgan fingerprint density at radius 1 is 1.18 bits per heavy atom. The first-order chi connectivity index (χ1) is 8.03. The van der Waals surface area contributed by atoms with Crippen LogP contribution >= 0.6 is 0 Å². The summed E-state index contributed by atoms with van der Waals surface area (Å²) in [6.45, 7) is 11.9. The maximum atomic E-state index is 2.45. The molecule has 0 N–H and O–H groups in total. The van der Waals surface area contributed by atoms with Crippen molar-refractivity contribution in [3.8, 4) is 0 Å². The Labute approximate surface area is 109 Å². The second-order valence-corrected chi connectivity index (χ2v) is 6.52. The van der Waals surface area contributed by atoms with Crippen LogP contribution in [-0.2, 0) is 0 Å². The van der Waals surface area contributed by atoms with E-state index in [0.717, 1.165) is 5.92 Å². The Morgan fingerprint density at radius 3 is 2.35 bits per heavy atom. The van der Waals surface area contributed by atoms with Gasteiger partial charge in [-0.1, -0.05) is 64.5 Å². The molecule has 1 aliphatic carbocycles. The van der Waals surface area contributed by atoms with Crippen LogP contribution < -0.4 is 0 Å². The van der Waals surface area contributed by atoms with Gasteiger partial charge in [-0.3, -0.25) is 0 Å². The van der Waals surface area contributed by atoms with E-state index in [9.17, 15) is 0 Å². The van der Waals surface area contributed by atoms with Crippen LogP contribution in [0.3, 0.4) is 0 Å².